The molecule has 0 unspecified atom stereocenters. The van der Waals surface area contributed by atoms with Crippen molar-refractivity contribution in [1.29, 1.82) is 0 Å². The summed E-state index contributed by atoms with van der Waals surface area (Å²) in [5.74, 6) is 0.829. The van der Waals surface area contributed by atoms with E-state index < -0.39 is 0 Å². The minimum absolute atomic E-state index is 0.0580. The van der Waals surface area contributed by atoms with E-state index in [-0.39, 0.29) is 5.91 Å². The molecule has 0 bridgehead atoms. The van der Waals surface area contributed by atoms with Gasteiger partial charge in [-0.25, -0.2) is 0 Å². The zero-order chi connectivity index (χ0) is 16.4. The molecule has 1 amide bonds. The summed E-state index contributed by atoms with van der Waals surface area (Å²) in [4.78, 5) is 12.5. The number of rotatable bonds is 5. The van der Waals surface area contributed by atoms with E-state index in [4.69, 9.17) is 0 Å². The first-order valence-electron chi connectivity index (χ1n) is 7.78. The van der Waals surface area contributed by atoms with Gasteiger partial charge >= 0.3 is 0 Å². The van der Waals surface area contributed by atoms with Crippen LogP contribution in [0.3, 0.4) is 0 Å². The van der Waals surface area contributed by atoms with Crippen LogP contribution < -0.4 is 5.32 Å². The molecule has 0 aliphatic heterocycles. The van der Waals surface area contributed by atoms with Crippen LogP contribution in [0.2, 0.25) is 0 Å². The maximum absolute atomic E-state index is 12.5. The Labute approximate surface area is 135 Å². The predicted octanol–water partition coefficient (Wildman–Crippen LogP) is 2.32. The van der Waals surface area contributed by atoms with Gasteiger partial charge in [-0.1, -0.05) is 18.2 Å². The van der Waals surface area contributed by atoms with E-state index in [1.165, 1.54) is 0 Å². The van der Waals surface area contributed by atoms with Crippen molar-refractivity contribution in [2.75, 3.05) is 6.54 Å². The summed E-state index contributed by atoms with van der Waals surface area (Å²) in [5.41, 5.74) is 1.76. The molecule has 0 aliphatic carbocycles. The molecule has 0 aliphatic rings. The number of aromatic nitrogens is 4. The summed E-state index contributed by atoms with van der Waals surface area (Å²) in [6.07, 6.45) is 4.26. The molecule has 0 spiro atoms. The minimum atomic E-state index is -0.0580. The number of carbonyl (C=O) groups is 1. The van der Waals surface area contributed by atoms with Gasteiger partial charge in [0, 0.05) is 43.2 Å². The van der Waals surface area contributed by atoms with Crippen molar-refractivity contribution >= 4 is 16.8 Å². The first kappa shape index (κ1) is 15.3. The zero-order valence-corrected chi connectivity index (χ0v) is 13.7. The average molecular weight is 311 g/mol. The van der Waals surface area contributed by atoms with Crippen molar-refractivity contribution in [3.05, 3.63) is 48.2 Å². The first-order chi connectivity index (χ1) is 11.1. The van der Waals surface area contributed by atoms with Gasteiger partial charge in [0.15, 0.2) is 0 Å². The molecule has 3 aromatic rings. The lowest BCUT2D eigenvalue weighted by atomic mass is 10.1. The summed E-state index contributed by atoms with van der Waals surface area (Å²) in [7, 11) is 1.95. The highest BCUT2D eigenvalue weighted by molar-refractivity contribution is 6.06. The lowest BCUT2D eigenvalue weighted by Gasteiger charge is -2.10. The van der Waals surface area contributed by atoms with E-state index >= 15 is 0 Å². The van der Waals surface area contributed by atoms with Crippen LogP contribution in [0.4, 0.5) is 0 Å². The maximum atomic E-state index is 12.5. The molecule has 2 heterocycles. The fourth-order valence-corrected chi connectivity index (χ4v) is 2.78. The van der Waals surface area contributed by atoms with Gasteiger partial charge < -0.3 is 14.5 Å². The molecule has 0 saturated heterocycles. The molecule has 2 aromatic heterocycles. The highest BCUT2D eigenvalue weighted by atomic mass is 16.1. The molecule has 0 radical (unpaired) electrons. The smallest absolute Gasteiger partial charge is 0.253 e. The molecule has 120 valence electrons. The molecule has 0 fully saturated rings. The number of nitrogens with one attached hydrogen (secondary N) is 1. The number of amides is 1. The Hall–Kier alpha value is -2.63. The quantitative estimate of drug-likeness (QED) is 0.786. The Morgan fingerprint density at radius 2 is 2.09 bits per heavy atom. The summed E-state index contributed by atoms with van der Waals surface area (Å²) in [5, 5.41) is 12.0. The lowest BCUT2D eigenvalue weighted by Crippen LogP contribution is -2.26. The number of hydrogen-bond donors (Lipinski definition) is 1. The standard InChI is InChI=1S/C17H21N5O/c1-12(2)22-11-19-20-16(22)8-9-18-17(23)14-10-21(3)15-7-5-4-6-13(14)15/h4-7,10-12H,8-9H2,1-3H3,(H,18,23). The number of aryl methyl sites for hydroxylation is 1. The second kappa shape index (κ2) is 6.24. The van der Waals surface area contributed by atoms with Crippen molar-refractivity contribution in [3.8, 4) is 0 Å². The van der Waals surface area contributed by atoms with E-state index in [9.17, 15) is 4.79 Å². The van der Waals surface area contributed by atoms with Gasteiger partial charge in [-0.05, 0) is 19.9 Å². The highest BCUT2D eigenvalue weighted by Crippen LogP contribution is 2.20. The third kappa shape index (κ3) is 2.97. The Kier molecular flexibility index (Phi) is 4.14. The van der Waals surface area contributed by atoms with Crippen LogP contribution in [0.15, 0.2) is 36.8 Å². The van der Waals surface area contributed by atoms with Crippen molar-refractivity contribution in [3.63, 3.8) is 0 Å². The number of para-hydroxylation sites is 1. The molecule has 0 atom stereocenters. The first-order valence-corrected chi connectivity index (χ1v) is 7.78. The largest absolute Gasteiger partial charge is 0.352 e. The van der Waals surface area contributed by atoms with Gasteiger partial charge in [-0.2, -0.15) is 0 Å². The van der Waals surface area contributed by atoms with Crippen LogP contribution in [0.1, 0.15) is 36.1 Å². The second-order valence-electron chi connectivity index (χ2n) is 5.92. The average Bonchev–Trinajstić information content (AvgIpc) is 3.13. The highest BCUT2D eigenvalue weighted by Gasteiger charge is 2.14. The van der Waals surface area contributed by atoms with Gasteiger partial charge in [0.2, 0.25) is 0 Å². The molecule has 3 rings (SSSR count). The van der Waals surface area contributed by atoms with Crippen molar-refractivity contribution in [2.45, 2.75) is 26.3 Å². The Balaban J connectivity index is 1.68. The van der Waals surface area contributed by atoms with Crippen molar-refractivity contribution < 1.29 is 4.79 Å². The number of benzene rings is 1. The van der Waals surface area contributed by atoms with E-state index in [2.05, 4.69) is 29.4 Å². The number of nitrogens with zero attached hydrogens (tertiary/aromatic N) is 4. The summed E-state index contributed by atoms with van der Waals surface area (Å²) in [6, 6.07) is 8.22. The molecule has 0 saturated carbocycles. The van der Waals surface area contributed by atoms with Gasteiger partial charge in [0.25, 0.3) is 5.91 Å². The van der Waals surface area contributed by atoms with Crippen LogP contribution in [0.25, 0.3) is 10.9 Å². The fraction of sp³-hybridized carbons (Fsp3) is 0.353. The molecule has 1 N–H and O–H groups in total. The van der Waals surface area contributed by atoms with Crippen LogP contribution in [0, 0.1) is 0 Å². The fourth-order valence-electron chi connectivity index (χ4n) is 2.78. The summed E-state index contributed by atoms with van der Waals surface area (Å²) >= 11 is 0. The molecular weight excluding hydrogens is 290 g/mol. The number of fused-ring (bicyclic) bond motifs is 1. The van der Waals surface area contributed by atoms with E-state index in [1.54, 1.807) is 6.33 Å². The van der Waals surface area contributed by atoms with Crippen molar-refractivity contribution in [2.24, 2.45) is 7.05 Å². The van der Waals surface area contributed by atoms with Gasteiger partial charge in [0.1, 0.15) is 12.2 Å². The topological polar surface area (TPSA) is 64.7 Å². The lowest BCUT2D eigenvalue weighted by molar-refractivity contribution is 0.0955. The Morgan fingerprint density at radius 3 is 2.87 bits per heavy atom. The normalized spacial score (nSPS) is 11.3. The van der Waals surface area contributed by atoms with E-state index in [1.807, 2.05) is 46.6 Å². The Bertz CT molecular complexity index is 830. The van der Waals surface area contributed by atoms with Gasteiger partial charge in [0.05, 0.1) is 5.56 Å². The zero-order valence-electron chi connectivity index (χ0n) is 13.7. The molecule has 6 heteroatoms. The van der Waals surface area contributed by atoms with Gasteiger partial charge in [-0.3, -0.25) is 4.79 Å². The Morgan fingerprint density at radius 1 is 1.30 bits per heavy atom. The maximum Gasteiger partial charge on any atom is 0.253 e. The molecule has 23 heavy (non-hydrogen) atoms. The summed E-state index contributed by atoms with van der Waals surface area (Å²) in [6.45, 7) is 4.70. The van der Waals surface area contributed by atoms with Crippen LogP contribution in [0.5, 0.6) is 0 Å². The predicted molar refractivity (Wildman–Crippen MR) is 89.4 cm³/mol. The second-order valence-corrected chi connectivity index (χ2v) is 5.92. The minimum Gasteiger partial charge on any atom is -0.352 e. The molecular formula is C17H21N5O. The summed E-state index contributed by atoms with van der Waals surface area (Å²) < 4.78 is 3.99. The van der Waals surface area contributed by atoms with Crippen LogP contribution in [-0.4, -0.2) is 31.8 Å². The third-order valence-corrected chi connectivity index (χ3v) is 3.98. The van der Waals surface area contributed by atoms with Crippen LogP contribution in [-0.2, 0) is 13.5 Å². The van der Waals surface area contributed by atoms with Crippen molar-refractivity contribution in [1.82, 2.24) is 24.6 Å². The molecule has 6 nitrogen and oxygen atoms in total. The van der Waals surface area contributed by atoms with Gasteiger partial charge in [-0.15, -0.1) is 10.2 Å². The number of carbonyl (C=O) groups excluding carboxylic acids is 1. The van der Waals surface area contributed by atoms with E-state index in [0.29, 0.717) is 24.6 Å². The van der Waals surface area contributed by atoms with E-state index in [0.717, 1.165) is 16.7 Å². The third-order valence-electron chi connectivity index (χ3n) is 3.98. The number of hydrogen-bond acceptors (Lipinski definition) is 3. The monoisotopic (exact) mass is 311 g/mol. The molecule has 1 aromatic carbocycles. The SMILES string of the molecule is CC(C)n1cnnc1CCNC(=O)c1cn(C)c2ccccc12. The van der Waals surface area contributed by atoms with Crippen LogP contribution >= 0.6 is 0 Å².